The van der Waals surface area contributed by atoms with Crippen molar-refractivity contribution in [2.45, 2.75) is 342 Å². The van der Waals surface area contributed by atoms with Crippen LogP contribution in [0.2, 0.25) is 0 Å². The lowest BCUT2D eigenvalue weighted by atomic mass is 9.75. The van der Waals surface area contributed by atoms with Crippen molar-refractivity contribution >= 4 is 11.6 Å². The van der Waals surface area contributed by atoms with Crippen LogP contribution in [0.15, 0.2) is 0 Å². The highest BCUT2D eigenvalue weighted by molar-refractivity contribution is 6.23. The van der Waals surface area contributed by atoms with Gasteiger partial charge in [-0.25, -0.2) is 0 Å². The van der Waals surface area contributed by atoms with Gasteiger partial charge in [0.2, 0.25) is 0 Å². The molecular weight excluding hydrogens is 744 g/mol. The highest BCUT2D eigenvalue weighted by Gasteiger charge is 2.30. The summed E-state index contributed by atoms with van der Waals surface area (Å²) in [6, 6.07) is 0. The summed E-state index contributed by atoms with van der Waals surface area (Å²) in [5.74, 6) is 0. The maximum Gasteiger partial charge on any atom is 0.0644 e. The maximum atomic E-state index is 7.77. The van der Waals surface area contributed by atoms with Crippen molar-refractivity contribution in [1.82, 2.24) is 0 Å². The zero-order valence-corrected chi connectivity index (χ0v) is 43.5. The van der Waals surface area contributed by atoms with Crippen LogP contribution in [0.25, 0.3) is 0 Å². The molecule has 0 N–H and O–H groups in total. The molecule has 0 spiro atoms. The smallest absolute Gasteiger partial charge is 0.0644 e. The SMILES string of the molecule is CCCCCCCCCCc1c(CCCCCCCCCC)c(CCCCCCCCCC)c(C(C)(C)Cl)c(CCCCCCCCCC)c1CCCCCCCCCC. The Labute approximate surface area is 385 Å². The van der Waals surface area contributed by atoms with Gasteiger partial charge in [0.25, 0.3) is 0 Å². The summed E-state index contributed by atoms with van der Waals surface area (Å²) in [6.45, 7) is 16.5. The molecule has 354 valence electrons. The van der Waals surface area contributed by atoms with E-state index < -0.39 is 0 Å². The lowest BCUT2D eigenvalue weighted by Gasteiger charge is -2.33. The van der Waals surface area contributed by atoms with Gasteiger partial charge in [0.1, 0.15) is 0 Å². The minimum Gasteiger partial charge on any atom is -0.115 e. The number of hydrogen-bond acceptors (Lipinski definition) is 0. The molecule has 0 fully saturated rings. The summed E-state index contributed by atoms with van der Waals surface area (Å²) >= 11 is 7.77. The summed E-state index contributed by atoms with van der Waals surface area (Å²) in [7, 11) is 0. The van der Waals surface area contributed by atoms with Gasteiger partial charge in [-0.15, -0.1) is 11.6 Å². The topological polar surface area (TPSA) is 0 Å². The molecule has 1 heteroatoms. The van der Waals surface area contributed by atoms with Gasteiger partial charge in [-0.05, 0) is 111 Å². The van der Waals surface area contributed by atoms with Crippen molar-refractivity contribution in [3.63, 3.8) is 0 Å². The largest absolute Gasteiger partial charge is 0.115 e. The number of halogens is 1. The van der Waals surface area contributed by atoms with E-state index in [1.54, 1.807) is 16.7 Å². The first-order valence-corrected chi connectivity index (χ1v) is 28.6. The van der Waals surface area contributed by atoms with Gasteiger partial charge in [0, 0.05) is 0 Å². The van der Waals surface area contributed by atoms with Gasteiger partial charge < -0.3 is 0 Å². The van der Waals surface area contributed by atoms with Crippen LogP contribution >= 0.6 is 11.6 Å². The van der Waals surface area contributed by atoms with E-state index in [1.807, 2.05) is 16.7 Å². The molecule has 0 amide bonds. The molecule has 0 unspecified atom stereocenters. The normalized spacial score (nSPS) is 12.0. The zero-order valence-electron chi connectivity index (χ0n) is 42.7. The molecule has 1 aromatic carbocycles. The van der Waals surface area contributed by atoms with Gasteiger partial charge in [0.05, 0.1) is 4.87 Å². The Hall–Kier alpha value is -0.490. The minimum absolute atomic E-state index is 0.329. The lowest BCUT2D eigenvalue weighted by molar-refractivity contribution is 0.557. The molecule has 0 bridgehead atoms. The quantitative estimate of drug-likeness (QED) is 0.0453. The molecule has 0 aromatic heterocycles. The van der Waals surface area contributed by atoms with Gasteiger partial charge in [-0.2, -0.15) is 0 Å². The first-order chi connectivity index (χ1) is 29.4. The Morgan fingerprint density at radius 2 is 0.383 bits per heavy atom. The summed E-state index contributed by atoms with van der Waals surface area (Å²) in [5, 5.41) is 0. The van der Waals surface area contributed by atoms with E-state index >= 15 is 0 Å². The fraction of sp³-hybridized carbons (Fsp3) is 0.898. The fourth-order valence-corrected chi connectivity index (χ4v) is 10.6. The maximum absolute atomic E-state index is 7.77. The van der Waals surface area contributed by atoms with Gasteiger partial charge in [0.15, 0.2) is 0 Å². The van der Waals surface area contributed by atoms with Crippen molar-refractivity contribution in [1.29, 1.82) is 0 Å². The number of benzene rings is 1. The van der Waals surface area contributed by atoms with Gasteiger partial charge >= 0.3 is 0 Å². The molecule has 0 nitrogen and oxygen atoms in total. The van der Waals surface area contributed by atoms with Crippen LogP contribution in [-0.2, 0) is 37.0 Å². The second kappa shape index (κ2) is 41.2. The van der Waals surface area contributed by atoms with E-state index in [0.717, 1.165) is 0 Å². The van der Waals surface area contributed by atoms with Crippen LogP contribution in [0.3, 0.4) is 0 Å². The number of alkyl halides is 1. The summed E-state index contributed by atoms with van der Waals surface area (Å²) < 4.78 is 0. The molecule has 0 aliphatic heterocycles. The third-order valence-electron chi connectivity index (χ3n) is 14.1. The van der Waals surface area contributed by atoms with Crippen molar-refractivity contribution < 1.29 is 0 Å². The Balaban J connectivity index is 3.63. The highest BCUT2D eigenvalue weighted by atomic mass is 35.5. The Morgan fingerprint density at radius 1 is 0.233 bits per heavy atom. The first-order valence-electron chi connectivity index (χ1n) is 28.2. The molecule has 0 heterocycles. The monoisotopic (exact) mass is 855 g/mol. The molecular formula is C59H111Cl. The molecule has 1 rings (SSSR count). The third kappa shape index (κ3) is 29.1. The van der Waals surface area contributed by atoms with Crippen molar-refractivity contribution in [3.05, 3.63) is 33.4 Å². The molecule has 0 aliphatic carbocycles. The van der Waals surface area contributed by atoms with Crippen LogP contribution in [-0.4, -0.2) is 0 Å². The molecule has 60 heavy (non-hydrogen) atoms. The van der Waals surface area contributed by atoms with Crippen LogP contribution in [0.5, 0.6) is 0 Å². The van der Waals surface area contributed by atoms with E-state index in [9.17, 15) is 0 Å². The van der Waals surface area contributed by atoms with Crippen LogP contribution in [0.1, 0.15) is 339 Å². The molecule has 0 saturated heterocycles. The average Bonchev–Trinajstić information content (AvgIpc) is 3.23. The van der Waals surface area contributed by atoms with Crippen LogP contribution < -0.4 is 0 Å². The summed E-state index contributed by atoms with van der Waals surface area (Å²) in [5.41, 5.74) is 10.6. The minimum atomic E-state index is -0.329. The van der Waals surface area contributed by atoms with E-state index in [-0.39, 0.29) is 4.87 Å². The summed E-state index contributed by atoms with van der Waals surface area (Å²) in [6.07, 6.45) is 62.4. The standard InChI is InChI=1S/C59H111Cl/c1-8-13-18-23-28-33-38-43-48-53-54(49-44-39-34-29-24-19-14-9-2)56(51-46-41-36-31-26-21-16-11-4)58(59(6,7)60)57(52-47-42-37-32-27-22-17-12-5)55(53)50-45-40-35-30-25-20-15-10-3/h8-52H2,1-7H3. The Kier molecular flexibility index (Phi) is 39.5. The van der Waals surface area contributed by atoms with E-state index in [4.69, 9.17) is 11.6 Å². The average molecular weight is 856 g/mol. The molecule has 0 saturated carbocycles. The number of hydrogen-bond donors (Lipinski definition) is 0. The Morgan fingerprint density at radius 3 is 0.567 bits per heavy atom. The van der Waals surface area contributed by atoms with E-state index in [0.29, 0.717) is 0 Å². The van der Waals surface area contributed by atoms with Gasteiger partial charge in [-0.3, -0.25) is 0 Å². The van der Waals surface area contributed by atoms with E-state index in [1.165, 1.54) is 289 Å². The molecule has 0 atom stereocenters. The number of unbranched alkanes of at least 4 members (excludes halogenated alkanes) is 35. The molecule has 0 radical (unpaired) electrons. The lowest BCUT2D eigenvalue weighted by Crippen LogP contribution is -2.22. The molecule has 0 aliphatic rings. The van der Waals surface area contributed by atoms with Gasteiger partial charge in [-0.1, -0.05) is 259 Å². The van der Waals surface area contributed by atoms with Crippen LogP contribution in [0.4, 0.5) is 0 Å². The summed E-state index contributed by atoms with van der Waals surface area (Å²) in [4.78, 5) is -0.329. The van der Waals surface area contributed by atoms with E-state index in [2.05, 4.69) is 48.5 Å². The zero-order chi connectivity index (χ0) is 43.8. The highest BCUT2D eigenvalue weighted by Crippen LogP contribution is 2.42. The fourth-order valence-electron chi connectivity index (χ4n) is 10.4. The second-order valence-electron chi connectivity index (χ2n) is 20.4. The van der Waals surface area contributed by atoms with Crippen molar-refractivity contribution in [2.75, 3.05) is 0 Å². The first kappa shape index (κ1) is 57.5. The van der Waals surface area contributed by atoms with Crippen molar-refractivity contribution in [2.24, 2.45) is 0 Å². The van der Waals surface area contributed by atoms with Crippen LogP contribution in [0, 0.1) is 0 Å². The van der Waals surface area contributed by atoms with Crippen molar-refractivity contribution in [3.8, 4) is 0 Å². The third-order valence-corrected chi connectivity index (χ3v) is 14.2. The second-order valence-corrected chi connectivity index (χ2v) is 21.3. The number of rotatable bonds is 46. The Bertz CT molecular complexity index is 995. The molecule has 1 aromatic rings. The predicted octanol–water partition coefficient (Wildman–Crippen LogP) is 21.6. The predicted molar refractivity (Wildman–Crippen MR) is 277 cm³/mol.